The summed E-state index contributed by atoms with van der Waals surface area (Å²) in [6.07, 6.45) is -17.5. The zero-order valence-electron chi connectivity index (χ0n) is 30.3. The molecule has 0 radical (unpaired) electrons. The molecule has 312 valence electrons. The van der Waals surface area contributed by atoms with Crippen molar-refractivity contribution in [1.29, 1.82) is 0 Å². The Morgan fingerprint density at radius 3 is 1.09 bits per heavy atom. The number of phenols is 6. The molecular weight excluding hydrogens is 768 g/mol. The van der Waals surface area contributed by atoms with Gasteiger partial charge in [0.15, 0.2) is 23.0 Å². The van der Waals surface area contributed by atoms with E-state index in [9.17, 15) is 71.5 Å². The van der Waals surface area contributed by atoms with Crippen LogP contribution in [0.3, 0.4) is 0 Å². The van der Waals surface area contributed by atoms with Gasteiger partial charge < -0.3 is 90.4 Å². The molecule has 4 aromatic rings. The van der Waals surface area contributed by atoms with Crippen LogP contribution in [0.5, 0.6) is 46.0 Å². The van der Waals surface area contributed by atoms with E-state index in [0.717, 1.165) is 12.1 Å². The molecule has 18 nitrogen and oxygen atoms in total. The number of aliphatic hydroxyl groups is 8. The average molecular weight is 813 g/mol. The summed E-state index contributed by atoms with van der Waals surface area (Å²) in [6.45, 7) is -1.58. The molecule has 3 aliphatic rings. The van der Waals surface area contributed by atoms with Gasteiger partial charge in [-0.25, -0.2) is 0 Å². The minimum Gasteiger partial charge on any atom is -0.508 e. The van der Waals surface area contributed by atoms with Crippen LogP contribution in [-0.2, 0) is 9.47 Å². The zero-order valence-corrected chi connectivity index (χ0v) is 30.3. The molecule has 2 aliphatic heterocycles. The maximum Gasteiger partial charge on any atom is 0.229 e. The van der Waals surface area contributed by atoms with Crippen molar-refractivity contribution in [2.45, 2.75) is 85.1 Å². The van der Waals surface area contributed by atoms with E-state index in [-0.39, 0.29) is 22.6 Å². The predicted octanol–water partition coefficient (Wildman–Crippen LogP) is -0.274. The molecule has 0 amide bonds. The number of benzene rings is 4. The smallest absolute Gasteiger partial charge is 0.229 e. The Bertz CT molecular complexity index is 1910. The topological polar surface area (TPSA) is 320 Å². The van der Waals surface area contributed by atoms with Gasteiger partial charge in [-0.1, -0.05) is 24.3 Å². The first-order valence-corrected chi connectivity index (χ1v) is 18.3. The number of rotatable bonds is 10. The van der Waals surface area contributed by atoms with Gasteiger partial charge in [-0.15, -0.1) is 0 Å². The summed E-state index contributed by atoms with van der Waals surface area (Å²) >= 11 is 0. The second-order valence-electron chi connectivity index (χ2n) is 14.7. The lowest BCUT2D eigenvalue weighted by Gasteiger charge is -2.54. The Morgan fingerprint density at radius 1 is 0.414 bits per heavy atom. The first-order valence-electron chi connectivity index (χ1n) is 18.3. The number of hydrogen-bond donors (Lipinski definition) is 14. The Kier molecular flexibility index (Phi) is 11.5. The molecule has 18 heteroatoms. The molecule has 58 heavy (non-hydrogen) atoms. The highest BCUT2D eigenvalue weighted by atomic mass is 16.7. The van der Waals surface area contributed by atoms with Crippen molar-refractivity contribution in [2.24, 2.45) is 0 Å². The van der Waals surface area contributed by atoms with E-state index in [1.165, 1.54) is 36.4 Å². The van der Waals surface area contributed by atoms with E-state index >= 15 is 0 Å². The minimum atomic E-state index is -1.92. The van der Waals surface area contributed by atoms with Crippen molar-refractivity contribution in [3.63, 3.8) is 0 Å². The highest BCUT2D eigenvalue weighted by molar-refractivity contribution is 5.62. The van der Waals surface area contributed by atoms with Crippen LogP contribution in [0.4, 0.5) is 0 Å². The molecular formula is C40H44O18. The predicted molar refractivity (Wildman–Crippen MR) is 196 cm³/mol. The van der Waals surface area contributed by atoms with Crippen molar-refractivity contribution in [3.05, 3.63) is 95.1 Å². The third-order valence-corrected chi connectivity index (χ3v) is 11.2. The summed E-state index contributed by atoms with van der Waals surface area (Å²) in [6, 6.07) is 16.5. The van der Waals surface area contributed by atoms with Crippen LogP contribution in [0.15, 0.2) is 72.8 Å². The number of phenolic OH excluding ortho intramolecular Hbond substituents is 6. The fourth-order valence-corrected chi connectivity index (χ4v) is 8.30. The molecule has 14 atom stereocenters. The summed E-state index contributed by atoms with van der Waals surface area (Å²) in [5.41, 5.74) is 1.18. The van der Waals surface area contributed by atoms with E-state index in [0.29, 0.717) is 11.1 Å². The highest BCUT2D eigenvalue weighted by Crippen LogP contribution is 2.70. The van der Waals surface area contributed by atoms with Gasteiger partial charge in [-0.05, 0) is 59.4 Å². The van der Waals surface area contributed by atoms with Gasteiger partial charge in [0.25, 0.3) is 0 Å². The molecule has 3 fully saturated rings. The van der Waals surface area contributed by atoms with Crippen LogP contribution in [0, 0.1) is 0 Å². The van der Waals surface area contributed by atoms with E-state index in [4.69, 9.17) is 18.9 Å². The summed E-state index contributed by atoms with van der Waals surface area (Å²) < 4.78 is 23.3. The first kappa shape index (κ1) is 41.1. The van der Waals surface area contributed by atoms with Crippen LogP contribution in [-0.4, -0.2) is 146 Å². The molecule has 0 aromatic heterocycles. The largest absolute Gasteiger partial charge is 0.508 e. The van der Waals surface area contributed by atoms with Gasteiger partial charge in [0.2, 0.25) is 12.6 Å². The third-order valence-electron chi connectivity index (χ3n) is 11.2. The molecule has 0 spiro atoms. The molecule has 4 aromatic carbocycles. The third kappa shape index (κ3) is 7.39. The Balaban J connectivity index is 1.43. The second kappa shape index (κ2) is 16.3. The van der Waals surface area contributed by atoms with E-state index in [2.05, 4.69) is 0 Å². The number of aliphatic hydroxyl groups excluding tert-OH is 8. The number of ether oxygens (including phenoxy) is 4. The molecule has 1 aliphatic carbocycles. The normalized spacial score (nSPS) is 33.6. The molecule has 7 rings (SSSR count). The quantitative estimate of drug-likeness (QED) is 0.0980. The number of hydrogen-bond acceptors (Lipinski definition) is 18. The lowest BCUT2D eigenvalue weighted by molar-refractivity contribution is -0.278. The van der Waals surface area contributed by atoms with Gasteiger partial charge in [-0.3, -0.25) is 0 Å². The minimum absolute atomic E-state index is 0.0224. The van der Waals surface area contributed by atoms with Crippen LogP contribution < -0.4 is 9.47 Å². The van der Waals surface area contributed by atoms with E-state index in [1.54, 1.807) is 24.3 Å². The van der Waals surface area contributed by atoms with Crippen molar-refractivity contribution in [3.8, 4) is 46.0 Å². The maximum atomic E-state index is 11.4. The van der Waals surface area contributed by atoms with Crippen molar-refractivity contribution < 1.29 is 90.4 Å². The maximum absolute atomic E-state index is 11.4. The van der Waals surface area contributed by atoms with Crippen molar-refractivity contribution in [1.82, 2.24) is 0 Å². The van der Waals surface area contributed by atoms with Gasteiger partial charge >= 0.3 is 0 Å². The van der Waals surface area contributed by atoms with Crippen LogP contribution >= 0.6 is 0 Å². The van der Waals surface area contributed by atoms with Crippen molar-refractivity contribution in [2.75, 3.05) is 13.2 Å². The molecule has 0 unspecified atom stereocenters. The second-order valence-corrected chi connectivity index (χ2v) is 14.7. The Hall–Kier alpha value is -5.12. The first-order chi connectivity index (χ1) is 27.6. The monoisotopic (exact) mass is 812 g/mol. The molecule has 14 N–H and O–H groups in total. The van der Waals surface area contributed by atoms with Gasteiger partial charge in [0, 0.05) is 35.1 Å². The molecule has 2 heterocycles. The molecule has 0 bridgehead atoms. The SMILES string of the molecule is OC[C@H]1O[C@@H](Oc2c(O)cc(O)cc2[C@@H]2[C@@H](c3ccc(O)cc3)[C@H](c3ccc(O)cc3)[C@H]2c2cc(O)cc(O)c2O[C@@H]2O[C@H](CO)[C@@H](O)[C@H](O)[C@H]2O)[C@H](O)[C@@H](O)[C@@H]1O. The standard InChI is InChI=1S/C40H44O18/c41-13-25-31(49)33(51)35(53)39(55-25)57-37-21(9-19(45)11-23(37)47)29-27(15-1-5-17(43)6-2-15)28(16-3-7-18(44)8-4-16)30(29)22-10-20(46)12-24(48)38(22)58-40-36(54)34(52)32(50)26(14-42)56-40/h1-12,25-36,39-54H,13-14H2/t25-,26-,27+,28+,29-,30-,31-,32-,33+,34+,35-,36-,39+,40+/m1/s1. The van der Waals surface area contributed by atoms with Gasteiger partial charge in [0.05, 0.1) is 13.2 Å². The van der Waals surface area contributed by atoms with Gasteiger partial charge in [-0.2, -0.15) is 0 Å². The summed E-state index contributed by atoms with van der Waals surface area (Å²) in [7, 11) is 0. The Labute approximate surface area is 329 Å². The van der Waals surface area contributed by atoms with Crippen LogP contribution in [0.2, 0.25) is 0 Å². The lowest BCUT2D eigenvalue weighted by Crippen LogP contribution is -2.60. The fourth-order valence-electron chi connectivity index (χ4n) is 8.30. The summed E-state index contributed by atoms with van der Waals surface area (Å²) in [5.74, 6) is -6.73. The Morgan fingerprint density at radius 2 is 0.759 bits per heavy atom. The summed E-state index contributed by atoms with van der Waals surface area (Å²) in [5, 5.41) is 149. The van der Waals surface area contributed by atoms with Gasteiger partial charge in [0.1, 0.15) is 71.8 Å². The fraction of sp³-hybridized carbons (Fsp3) is 0.400. The highest BCUT2D eigenvalue weighted by Gasteiger charge is 2.56. The lowest BCUT2D eigenvalue weighted by atomic mass is 9.49. The molecule has 2 saturated heterocycles. The summed E-state index contributed by atoms with van der Waals surface area (Å²) in [4.78, 5) is 0. The van der Waals surface area contributed by atoms with E-state index in [1.807, 2.05) is 0 Å². The van der Waals surface area contributed by atoms with Crippen molar-refractivity contribution >= 4 is 0 Å². The molecule has 1 saturated carbocycles. The average Bonchev–Trinajstić information content (AvgIpc) is 3.18. The van der Waals surface area contributed by atoms with Crippen LogP contribution in [0.25, 0.3) is 0 Å². The van der Waals surface area contributed by atoms with E-state index < -0.39 is 133 Å². The zero-order chi connectivity index (χ0) is 41.7. The van der Waals surface area contributed by atoms with Crippen LogP contribution in [0.1, 0.15) is 45.9 Å². The number of aromatic hydroxyl groups is 6.